The van der Waals surface area contributed by atoms with Gasteiger partial charge in [-0.2, -0.15) is 0 Å². The lowest BCUT2D eigenvalue weighted by Crippen LogP contribution is -2.09. The highest BCUT2D eigenvalue weighted by molar-refractivity contribution is 7.80. The van der Waals surface area contributed by atoms with Crippen LogP contribution in [0.4, 0.5) is 5.69 Å². The second kappa shape index (κ2) is 3.19. The molecule has 70 valence electrons. The van der Waals surface area contributed by atoms with Crippen LogP contribution < -0.4 is 5.73 Å². The maximum atomic E-state index is 10.5. The Morgan fingerprint density at radius 1 is 1.50 bits per heavy atom. The van der Waals surface area contributed by atoms with E-state index in [2.05, 4.69) is 10.2 Å². The number of aromatic nitrogens is 1. The molecule has 0 amide bonds. The minimum absolute atomic E-state index is 0.276. The highest BCUT2D eigenvalue weighted by Gasteiger charge is 2.06. The Morgan fingerprint density at radius 2 is 2.29 bits per heavy atom. The van der Waals surface area contributed by atoms with Crippen LogP contribution >= 0.6 is 12.2 Å². The minimum Gasteiger partial charge on any atom is -0.388 e. The molecule has 0 bridgehead atoms. The minimum atomic E-state index is 0.276. The molecule has 14 heavy (non-hydrogen) atoms. The molecule has 3 N–H and O–H groups in total. The SMILES string of the molecule is NC(=S)c1cc2cccc(N=O)c2[nH]1. The molecule has 0 aliphatic rings. The number of fused-ring (bicyclic) bond motifs is 1. The van der Waals surface area contributed by atoms with Crippen LogP contribution in [0.15, 0.2) is 29.4 Å². The molecule has 0 unspecified atom stereocenters. The fourth-order valence-corrected chi connectivity index (χ4v) is 1.46. The zero-order valence-electron chi connectivity index (χ0n) is 7.15. The summed E-state index contributed by atoms with van der Waals surface area (Å²) >= 11 is 4.82. The molecule has 0 saturated heterocycles. The first-order chi connectivity index (χ1) is 6.72. The molecule has 0 saturated carbocycles. The summed E-state index contributed by atoms with van der Waals surface area (Å²) in [5.41, 5.74) is 7.14. The van der Waals surface area contributed by atoms with Gasteiger partial charge in [0.15, 0.2) is 0 Å². The zero-order valence-corrected chi connectivity index (χ0v) is 7.97. The Bertz CT molecular complexity index is 518. The van der Waals surface area contributed by atoms with E-state index in [1.807, 2.05) is 6.07 Å². The molecule has 0 spiro atoms. The Hall–Kier alpha value is -1.75. The van der Waals surface area contributed by atoms with Crippen LogP contribution in [0.1, 0.15) is 5.69 Å². The highest BCUT2D eigenvalue weighted by atomic mass is 32.1. The smallest absolute Gasteiger partial charge is 0.132 e. The predicted octanol–water partition coefficient (Wildman–Crippen LogP) is 2.20. The molecule has 0 aliphatic heterocycles. The number of para-hydroxylation sites is 1. The predicted molar refractivity (Wildman–Crippen MR) is 59.6 cm³/mol. The number of benzene rings is 1. The molecule has 2 rings (SSSR count). The first kappa shape index (κ1) is 8.83. The third-order valence-electron chi connectivity index (χ3n) is 2.00. The van der Waals surface area contributed by atoms with Crippen LogP contribution in [0.5, 0.6) is 0 Å². The zero-order chi connectivity index (χ0) is 10.1. The van der Waals surface area contributed by atoms with Gasteiger partial charge in [0.05, 0.1) is 11.2 Å². The van der Waals surface area contributed by atoms with Crippen molar-refractivity contribution in [3.05, 3.63) is 34.9 Å². The topological polar surface area (TPSA) is 71.2 Å². The number of H-pyrrole nitrogens is 1. The molecule has 0 radical (unpaired) electrons. The number of hydrogen-bond donors (Lipinski definition) is 2. The molecular weight excluding hydrogens is 198 g/mol. The number of nitroso groups, excluding NO2 is 1. The van der Waals surface area contributed by atoms with E-state index in [-0.39, 0.29) is 4.99 Å². The van der Waals surface area contributed by atoms with Gasteiger partial charge in [-0.15, -0.1) is 4.91 Å². The summed E-state index contributed by atoms with van der Waals surface area (Å²) in [7, 11) is 0. The quantitative estimate of drug-likeness (QED) is 0.583. The van der Waals surface area contributed by atoms with Gasteiger partial charge < -0.3 is 10.7 Å². The van der Waals surface area contributed by atoms with Crippen LogP contribution in [0.25, 0.3) is 10.9 Å². The molecule has 2 aromatic rings. The van der Waals surface area contributed by atoms with Crippen molar-refractivity contribution in [1.29, 1.82) is 0 Å². The number of nitrogens with zero attached hydrogens (tertiary/aromatic N) is 1. The monoisotopic (exact) mass is 205 g/mol. The first-order valence-corrected chi connectivity index (χ1v) is 4.38. The second-order valence-corrected chi connectivity index (χ2v) is 3.32. The van der Waals surface area contributed by atoms with E-state index in [9.17, 15) is 4.91 Å². The summed E-state index contributed by atoms with van der Waals surface area (Å²) in [5, 5.41) is 3.79. The van der Waals surface area contributed by atoms with Crippen molar-refractivity contribution in [2.24, 2.45) is 10.9 Å². The number of nitrogens with one attached hydrogen (secondary N) is 1. The molecule has 5 heteroatoms. The first-order valence-electron chi connectivity index (χ1n) is 3.97. The van der Waals surface area contributed by atoms with Crippen LogP contribution in [0, 0.1) is 4.91 Å². The van der Waals surface area contributed by atoms with E-state index in [0.29, 0.717) is 16.9 Å². The van der Waals surface area contributed by atoms with Gasteiger partial charge in [-0.25, -0.2) is 0 Å². The fraction of sp³-hybridized carbons (Fsp3) is 0. The lowest BCUT2D eigenvalue weighted by Gasteiger charge is -1.91. The van der Waals surface area contributed by atoms with Crippen LogP contribution in [0.2, 0.25) is 0 Å². The van der Waals surface area contributed by atoms with Gasteiger partial charge >= 0.3 is 0 Å². The van der Waals surface area contributed by atoms with Crippen molar-refractivity contribution in [1.82, 2.24) is 4.98 Å². The van der Waals surface area contributed by atoms with Gasteiger partial charge in [0.2, 0.25) is 0 Å². The standard InChI is InChI=1S/C9H7N3OS/c10-9(14)7-4-5-2-1-3-6(12-13)8(5)11-7/h1-4,11H,(H2,10,14). The molecule has 4 nitrogen and oxygen atoms in total. The number of aromatic amines is 1. The summed E-state index contributed by atoms with van der Waals surface area (Å²) in [4.78, 5) is 13.7. The fourth-order valence-electron chi connectivity index (χ4n) is 1.35. The van der Waals surface area contributed by atoms with Gasteiger partial charge in [0.25, 0.3) is 0 Å². The van der Waals surface area contributed by atoms with Gasteiger partial charge in [-0.3, -0.25) is 0 Å². The molecule has 1 heterocycles. The average molecular weight is 205 g/mol. The van der Waals surface area contributed by atoms with Gasteiger partial charge in [-0.1, -0.05) is 24.4 Å². The van der Waals surface area contributed by atoms with E-state index >= 15 is 0 Å². The number of rotatable bonds is 2. The van der Waals surface area contributed by atoms with Gasteiger partial charge in [0, 0.05) is 5.39 Å². The Labute approximate surface area is 85.1 Å². The summed E-state index contributed by atoms with van der Waals surface area (Å²) in [6.45, 7) is 0. The number of nitrogens with two attached hydrogens (primary N) is 1. The van der Waals surface area contributed by atoms with Gasteiger partial charge in [-0.05, 0) is 17.3 Å². The molecule has 0 aliphatic carbocycles. The summed E-state index contributed by atoms with van der Waals surface area (Å²) in [6, 6.07) is 7.06. The third-order valence-corrected chi connectivity index (χ3v) is 2.22. The van der Waals surface area contributed by atoms with Crippen molar-refractivity contribution in [3.8, 4) is 0 Å². The Balaban J connectivity index is 2.76. The number of hydrogen-bond acceptors (Lipinski definition) is 3. The highest BCUT2D eigenvalue weighted by Crippen LogP contribution is 2.25. The number of thiocarbonyl (C=S) groups is 1. The van der Waals surface area contributed by atoms with E-state index in [4.69, 9.17) is 18.0 Å². The molecule has 0 fully saturated rings. The summed E-state index contributed by atoms with van der Waals surface area (Å²) < 4.78 is 0. The maximum Gasteiger partial charge on any atom is 0.132 e. The van der Waals surface area contributed by atoms with Crippen LogP contribution in [-0.2, 0) is 0 Å². The summed E-state index contributed by atoms with van der Waals surface area (Å²) in [6.07, 6.45) is 0. The van der Waals surface area contributed by atoms with E-state index in [0.717, 1.165) is 5.39 Å². The largest absolute Gasteiger partial charge is 0.388 e. The lowest BCUT2D eigenvalue weighted by molar-refractivity contribution is 1.40. The third kappa shape index (κ3) is 1.27. The van der Waals surface area contributed by atoms with E-state index in [1.165, 1.54) is 0 Å². The molecule has 0 atom stereocenters. The second-order valence-electron chi connectivity index (χ2n) is 2.88. The van der Waals surface area contributed by atoms with Crippen molar-refractivity contribution >= 4 is 33.8 Å². The van der Waals surface area contributed by atoms with Gasteiger partial charge in [0.1, 0.15) is 10.7 Å². The maximum absolute atomic E-state index is 10.5. The van der Waals surface area contributed by atoms with Crippen molar-refractivity contribution in [2.75, 3.05) is 0 Å². The van der Waals surface area contributed by atoms with E-state index < -0.39 is 0 Å². The molecule has 1 aromatic heterocycles. The normalized spacial score (nSPS) is 10.3. The van der Waals surface area contributed by atoms with Crippen molar-refractivity contribution in [2.45, 2.75) is 0 Å². The Morgan fingerprint density at radius 3 is 2.93 bits per heavy atom. The van der Waals surface area contributed by atoms with Crippen LogP contribution in [0.3, 0.4) is 0 Å². The average Bonchev–Trinajstić information content (AvgIpc) is 2.60. The van der Waals surface area contributed by atoms with E-state index in [1.54, 1.807) is 18.2 Å². The van der Waals surface area contributed by atoms with Crippen LogP contribution in [-0.4, -0.2) is 9.97 Å². The molecule has 1 aromatic carbocycles. The lowest BCUT2D eigenvalue weighted by atomic mass is 10.2. The molecular formula is C9H7N3OS. The van der Waals surface area contributed by atoms with Crippen molar-refractivity contribution in [3.63, 3.8) is 0 Å². The summed E-state index contributed by atoms with van der Waals surface area (Å²) in [5.74, 6) is 0. The van der Waals surface area contributed by atoms with Crippen molar-refractivity contribution < 1.29 is 0 Å². The Kier molecular flexibility index (Phi) is 2.01.